The number of rotatable bonds is 10. The molecule has 0 bridgehead atoms. The first-order chi connectivity index (χ1) is 19.1. The number of halogens is 2. The highest BCUT2D eigenvalue weighted by Gasteiger charge is 2.34. The van der Waals surface area contributed by atoms with Gasteiger partial charge in [-0.3, -0.25) is 13.9 Å². The van der Waals surface area contributed by atoms with Crippen LogP contribution in [0.2, 0.25) is 5.02 Å². The van der Waals surface area contributed by atoms with E-state index in [1.165, 1.54) is 47.4 Å². The van der Waals surface area contributed by atoms with Crippen molar-refractivity contribution in [2.45, 2.75) is 63.1 Å². The predicted octanol–water partition coefficient (Wildman–Crippen LogP) is 5.46. The molecule has 0 saturated heterocycles. The highest BCUT2D eigenvalue weighted by atomic mass is 35.5. The number of hydrogen-bond acceptors (Lipinski definition) is 4. The van der Waals surface area contributed by atoms with Crippen molar-refractivity contribution in [3.8, 4) is 0 Å². The van der Waals surface area contributed by atoms with E-state index in [0.717, 1.165) is 35.6 Å². The molecule has 2 amide bonds. The molecule has 0 spiro atoms. The Morgan fingerprint density at radius 2 is 1.62 bits per heavy atom. The van der Waals surface area contributed by atoms with Crippen molar-refractivity contribution >= 4 is 39.1 Å². The van der Waals surface area contributed by atoms with Crippen molar-refractivity contribution in [3.05, 3.63) is 94.8 Å². The minimum Gasteiger partial charge on any atom is -0.352 e. The van der Waals surface area contributed by atoms with Crippen LogP contribution in [0.15, 0.2) is 77.7 Å². The molecule has 1 fully saturated rings. The van der Waals surface area contributed by atoms with Crippen molar-refractivity contribution in [2.24, 2.45) is 0 Å². The molecule has 0 unspecified atom stereocenters. The van der Waals surface area contributed by atoms with Gasteiger partial charge in [0.15, 0.2) is 0 Å². The third-order valence-corrected chi connectivity index (χ3v) is 9.27. The van der Waals surface area contributed by atoms with Gasteiger partial charge < -0.3 is 10.2 Å². The number of aryl methyl sites for hydroxylation is 1. The average molecular weight is 586 g/mol. The monoisotopic (exact) mass is 585 g/mol. The molecular weight excluding hydrogens is 553 g/mol. The molecule has 0 heterocycles. The van der Waals surface area contributed by atoms with E-state index in [9.17, 15) is 22.4 Å². The highest BCUT2D eigenvalue weighted by Crippen LogP contribution is 2.31. The molecule has 1 aliphatic rings. The summed E-state index contributed by atoms with van der Waals surface area (Å²) in [6.07, 6.45) is 3.74. The average Bonchev–Trinajstić information content (AvgIpc) is 3.44. The Balaban J connectivity index is 1.70. The Kier molecular flexibility index (Phi) is 9.48. The summed E-state index contributed by atoms with van der Waals surface area (Å²) in [6.45, 7) is 2.54. The lowest BCUT2D eigenvalue weighted by atomic mass is 10.1. The number of carbonyl (C=O) groups excluding carboxylic acids is 2. The molecule has 1 aliphatic carbocycles. The lowest BCUT2D eigenvalue weighted by molar-refractivity contribution is -0.139. The van der Waals surface area contributed by atoms with Crippen molar-refractivity contribution in [1.82, 2.24) is 10.2 Å². The molecule has 4 rings (SSSR count). The van der Waals surface area contributed by atoms with Crippen molar-refractivity contribution in [3.63, 3.8) is 0 Å². The van der Waals surface area contributed by atoms with Crippen LogP contribution in [0.25, 0.3) is 0 Å². The van der Waals surface area contributed by atoms with Crippen LogP contribution in [0.1, 0.15) is 43.7 Å². The Labute approximate surface area is 240 Å². The van der Waals surface area contributed by atoms with Crippen LogP contribution in [0.5, 0.6) is 0 Å². The van der Waals surface area contributed by atoms with Gasteiger partial charge in [-0.2, -0.15) is 0 Å². The van der Waals surface area contributed by atoms with Gasteiger partial charge in [-0.15, -0.1) is 0 Å². The number of sulfonamides is 1. The van der Waals surface area contributed by atoms with Crippen LogP contribution in [0.3, 0.4) is 0 Å². The molecule has 1 saturated carbocycles. The van der Waals surface area contributed by atoms with Gasteiger partial charge in [0.05, 0.1) is 15.6 Å². The van der Waals surface area contributed by atoms with E-state index in [4.69, 9.17) is 11.6 Å². The van der Waals surface area contributed by atoms with Crippen LogP contribution in [0.4, 0.5) is 10.1 Å². The number of nitrogens with zero attached hydrogens (tertiary/aromatic N) is 2. The zero-order chi connectivity index (χ0) is 28.9. The van der Waals surface area contributed by atoms with Gasteiger partial charge in [0.2, 0.25) is 11.8 Å². The maximum Gasteiger partial charge on any atom is 0.264 e. The van der Waals surface area contributed by atoms with Crippen LogP contribution >= 0.6 is 11.6 Å². The molecule has 7 nitrogen and oxygen atoms in total. The fourth-order valence-corrected chi connectivity index (χ4v) is 6.51. The Bertz CT molecular complexity index is 1460. The highest BCUT2D eigenvalue weighted by molar-refractivity contribution is 7.92. The van der Waals surface area contributed by atoms with E-state index in [-0.39, 0.29) is 39.7 Å². The first-order valence-corrected chi connectivity index (χ1v) is 15.1. The van der Waals surface area contributed by atoms with Gasteiger partial charge in [0.25, 0.3) is 10.0 Å². The number of carbonyl (C=O) groups is 2. The number of benzene rings is 3. The summed E-state index contributed by atoms with van der Waals surface area (Å²) < 4.78 is 43.3. The summed E-state index contributed by atoms with van der Waals surface area (Å²) in [5, 5.41) is 3.13. The second kappa shape index (κ2) is 12.8. The molecule has 3 aromatic carbocycles. The molecular formula is C30H33ClFN3O4S. The van der Waals surface area contributed by atoms with Crippen molar-refractivity contribution in [1.29, 1.82) is 0 Å². The molecule has 3 aromatic rings. The van der Waals surface area contributed by atoms with Gasteiger partial charge in [-0.05, 0) is 57.0 Å². The second-order valence-corrected chi connectivity index (χ2v) is 12.3. The fourth-order valence-electron chi connectivity index (χ4n) is 4.79. The van der Waals surface area contributed by atoms with Gasteiger partial charge in [-0.25, -0.2) is 12.8 Å². The number of anilines is 1. The lowest BCUT2D eigenvalue weighted by Gasteiger charge is -2.32. The van der Waals surface area contributed by atoms with E-state index in [0.29, 0.717) is 0 Å². The predicted molar refractivity (Wildman–Crippen MR) is 154 cm³/mol. The standard InChI is InChI=1S/C30H33ClFN3O4S/c1-21-15-17-25(18-16-21)40(38,39)35(28-14-8-6-12-26(28)31)20-29(36)34(19-23-9-3-7-13-27(23)32)22(2)30(37)33-24-10-4-5-11-24/h3,6-9,12-18,22,24H,4-5,10-11,19-20H2,1-2H3,(H,33,37)/t22-/m1/s1. The first-order valence-electron chi connectivity index (χ1n) is 13.2. The van der Waals surface area contributed by atoms with Gasteiger partial charge in [-0.1, -0.05) is 72.5 Å². The van der Waals surface area contributed by atoms with E-state index in [2.05, 4.69) is 5.32 Å². The van der Waals surface area contributed by atoms with Crippen LogP contribution in [0, 0.1) is 12.7 Å². The van der Waals surface area contributed by atoms with E-state index >= 15 is 0 Å². The SMILES string of the molecule is Cc1ccc(S(=O)(=O)N(CC(=O)N(Cc2ccccc2F)[C@H](C)C(=O)NC2CCCC2)c2ccccc2Cl)cc1. The van der Waals surface area contributed by atoms with E-state index < -0.39 is 34.3 Å². The van der Waals surface area contributed by atoms with Gasteiger partial charge >= 0.3 is 0 Å². The van der Waals surface area contributed by atoms with Crippen LogP contribution < -0.4 is 9.62 Å². The minimum atomic E-state index is -4.24. The first kappa shape index (κ1) is 29.6. The Hall–Kier alpha value is -3.43. The summed E-state index contributed by atoms with van der Waals surface area (Å²) >= 11 is 6.41. The normalized spacial score (nSPS) is 14.5. The number of para-hydroxylation sites is 1. The molecule has 0 radical (unpaired) electrons. The summed E-state index contributed by atoms with van der Waals surface area (Å²) in [7, 11) is -4.24. The molecule has 40 heavy (non-hydrogen) atoms. The smallest absolute Gasteiger partial charge is 0.264 e. The molecule has 0 aliphatic heterocycles. The Morgan fingerprint density at radius 3 is 2.27 bits per heavy atom. The quantitative estimate of drug-likeness (QED) is 0.342. The lowest BCUT2D eigenvalue weighted by Crippen LogP contribution is -2.52. The minimum absolute atomic E-state index is 0.0153. The third-order valence-electron chi connectivity index (χ3n) is 7.18. The maximum absolute atomic E-state index is 14.7. The van der Waals surface area contributed by atoms with Gasteiger partial charge in [0.1, 0.15) is 18.4 Å². The third kappa shape index (κ3) is 6.82. The summed E-state index contributed by atoms with van der Waals surface area (Å²) in [6, 6.07) is 17.6. The van der Waals surface area contributed by atoms with Crippen molar-refractivity contribution in [2.75, 3.05) is 10.8 Å². The second-order valence-electron chi connectivity index (χ2n) is 10.1. The number of hydrogen-bond donors (Lipinski definition) is 1. The van der Waals surface area contributed by atoms with Crippen molar-refractivity contribution < 1.29 is 22.4 Å². The van der Waals surface area contributed by atoms with Crippen LogP contribution in [-0.4, -0.2) is 43.8 Å². The zero-order valence-corrected chi connectivity index (χ0v) is 24.1. The molecule has 0 aromatic heterocycles. The Morgan fingerprint density at radius 1 is 1.00 bits per heavy atom. The maximum atomic E-state index is 14.7. The van der Waals surface area contributed by atoms with Gasteiger partial charge in [0, 0.05) is 18.2 Å². The van der Waals surface area contributed by atoms with E-state index in [1.807, 2.05) is 6.92 Å². The summed E-state index contributed by atoms with van der Waals surface area (Å²) in [5.74, 6) is -1.57. The molecule has 10 heteroatoms. The summed E-state index contributed by atoms with van der Waals surface area (Å²) in [5.41, 5.74) is 1.20. The fraction of sp³-hybridized carbons (Fsp3) is 0.333. The largest absolute Gasteiger partial charge is 0.352 e. The summed E-state index contributed by atoms with van der Waals surface area (Å²) in [4.78, 5) is 28.4. The number of nitrogens with one attached hydrogen (secondary N) is 1. The molecule has 212 valence electrons. The van der Waals surface area contributed by atoms with Crippen LogP contribution in [-0.2, 0) is 26.2 Å². The topological polar surface area (TPSA) is 86.8 Å². The number of amides is 2. The molecule has 1 N–H and O–H groups in total. The van der Waals surface area contributed by atoms with E-state index in [1.54, 1.807) is 37.3 Å². The zero-order valence-electron chi connectivity index (χ0n) is 22.5. The molecule has 1 atom stereocenters.